The van der Waals surface area contributed by atoms with E-state index in [1.807, 2.05) is 6.92 Å². The third-order valence-electron chi connectivity index (χ3n) is 3.69. The van der Waals surface area contributed by atoms with Crippen molar-refractivity contribution in [3.8, 4) is 0 Å². The fourth-order valence-electron chi connectivity index (χ4n) is 2.21. The first-order valence-corrected chi connectivity index (χ1v) is 8.78. The van der Waals surface area contributed by atoms with Crippen LogP contribution in [0.2, 0.25) is 0 Å². The molecule has 26 heavy (non-hydrogen) atoms. The molecule has 0 aliphatic rings. The van der Waals surface area contributed by atoms with Gasteiger partial charge < -0.3 is 15.7 Å². The molecule has 0 radical (unpaired) electrons. The monoisotopic (exact) mass is 539 g/mol. The van der Waals surface area contributed by atoms with Gasteiger partial charge in [-0.15, -0.1) is 24.0 Å². The van der Waals surface area contributed by atoms with Crippen molar-refractivity contribution in [3.05, 3.63) is 52.0 Å². The van der Waals surface area contributed by atoms with Gasteiger partial charge in [-0.05, 0) is 26.0 Å². The van der Waals surface area contributed by atoms with Crippen LogP contribution in [-0.4, -0.2) is 33.9 Å². The molecular weight excluding hydrogens is 516 g/mol. The number of aliphatic imine (C=N–C) groups is 1. The number of benzene rings is 1. The van der Waals surface area contributed by atoms with Gasteiger partial charge in [-0.2, -0.15) is 5.10 Å². The summed E-state index contributed by atoms with van der Waals surface area (Å²) in [4.78, 5) is 4.38. The molecule has 0 saturated heterocycles. The van der Waals surface area contributed by atoms with Crippen LogP contribution in [0.1, 0.15) is 25.0 Å². The maximum Gasteiger partial charge on any atom is 0.191 e. The average Bonchev–Trinajstić information content (AvgIpc) is 2.99. The highest BCUT2D eigenvalue weighted by Gasteiger charge is 2.25. The minimum atomic E-state index is -1.10. The standard InChI is InChI=1S/C17H23BrFN5O.HI/c1-4-20-16(21-8-12-5-6-14(18)7-15(12)19)22-11-17(2,25)13-9-23-24(3)10-13;/h5-7,9-10,25H,4,8,11H2,1-3H3,(H2,20,21,22);1H. The summed E-state index contributed by atoms with van der Waals surface area (Å²) in [6, 6.07) is 4.89. The first kappa shape index (κ1) is 22.8. The Kier molecular flexibility index (Phi) is 8.97. The van der Waals surface area contributed by atoms with Gasteiger partial charge in [-0.25, -0.2) is 9.38 Å². The van der Waals surface area contributed by atoms with Crippen LogP contribution in [0.4, 0.5) is 4.39 Å². The van der Waals surface area contributed by atoms with Crippen molar-refractivity contribution >= 4 is 45.9 Å². The lowest BCUT2D eigenvalue weighted by molar-refractivity contribution is 0.0616. The van der Waals surface area contributed by atoms with Crippen molar-refractivity contribution in [2.75, 3.05) is 13.1 Å². The topological polar surface area (TPSA) is 74.5 Å². The summed E-state index contributed by atoms with van der Waals surface area (Å²) in [6.07, 6.45) is 3.39. The van der Waals surface area contributed by atoms with E-state index >= 15 is 0 Å². The molecule has 1 aromatic heterocycles. The van der Waals surface area contributed by atoms with Crippen LogP contribution in [0, 0.1) is 5.82 Å². The zero-order chi connectivity index (χ0) is 18.4. The van der Waals surface area contributed by atoms with E-state index in [4.69, 9.17) is 0 Å². The van der Waals surface area contributed by atoms with Crippen molar-refractivity contribution in [1.82, 2.24) is 20.4 Å². The fraction of sp³-hybridized carbons (Fsp3) is 0.412. The minimum absolute atomic E-state index is 0. The third-order valence-corrected chi connectivity index (χ3v) is 4.19. The highest BCUT2D eigenvalue weighted by atomic mass is 127. The third kappa shape index (κ3) is 6.51. The van der Waals surface area contributed by atoms with Crippen molar-refractivity contribution in [1.29, 1.82) is 0 Å². The van der Waals surface area contributed by atoms with Crippen molar-refractivity contribution in [3.63, 3.8) is 0 Å². The van der Waals surface area contributed by atoms with Gasteiger partial charge in [-0.3, -0.25) is 4.68 Å². The molecule has 0 amide bonds. The lowest BCUT2D eigenvalue weighted by Gasteiger charge is -2.23. The van der Waals surface area contributed by atoms with Gasteiger partial charge in [-0.1, -0.05) is 22.0 Å². The van der Waals surface area contributed by atoms with Crippen molar-refractivity contribution in [2.45, 2.75) is 26.0 Å². The Labute approximate surface area is 178 Å². The molecule has 2 aromatic rings. The molecule has 1 aromatic carbocycles. The van der Waals surface area contributed by atoms with E-state index in [2.05, 4.69) is 36.7 Å². The summed E-state index contributed by atoms with van der Waals surface area (Å²) in [5, 5.41) is 20.9. The Morgan fingerprint density at radius 1 is 1.42 bits per heavy atom. The highest BCUT2D eigenvalue weighted by molar-refractivity contribution is 14.0. The molecule has 3 N–H and O–H groups in total. The Morgan fingerprint density at radius 2 is 2.15 bits per heavy atom. The van der Waals surface area contributed by atoms with Crippen LogP contribution in [0.25, 0.3) is 0 Å². The van der Waals surface area contributed by atoms with Gasteiger partial charge in [0.25, 0.3) is 0 Å². The first-order chi connectivity index (χ1) is 11.8. The van der Waals surface area contributed by atoms with Gasteiger partial charge in [0.2, 0.25) is 0 Å². The van der Waals surface area contributed by atoms with E-state index in [0.29, 0.717) is 28.1 Å². The van der Waals surface area contributed by atoms with Gasteiger partial charge in [0.05, 0.1) is 19.3 Å². The summed E-state index contributed by atoms with van der Waals surface area (Å²) in [7, 11) is 1.80. The normalized spacial score (nSPS) is 13.7. The van der Waals surface area contributed by atoms with Gasteiger partial charge in [0, 0.05) is 35.4 Å². The molecule has 144 valence electrons. The molecule has 0 aliphatic heterocycles. The minimum Gasteiger partial charge on any atom is -0.383 e. The lowest BCUT2D eigenvalue weighted by Crippen LogP contribution is -2.44. The molecule has 1 atom stereocenters. The largest absolute Gasteiger partial charge is 0.383 e. The maximum absolute atomic E-state index is 13.9. The van der Waals surface area contributed by atoms with E-state index in [1.54, 1.807) is 43.2 Å². The summed E-state index contributed by atoms with van der Waals surface area (Å²) in [6.45, 7) is 4.74. The molecule has 1 heterocycles. The van der Waals surface area contributed by atoms with Crippen LogP contribution >= 0.6 is 39.9 Å². The number of hydrogen-bond donors (Lipinski definition) is 3. The molecule has 0 spiro atoms. The second-order valence-corrected chi connectivity index (χ2v) is 6.88. The zero-order valence-electron chi connectivity index (χ0n) is 15.0. The molecule has 9 heteroatoms. The summed E-state index contributed by atoms with van der Waals surface area (Å²) >= 11 is 3.24. The van der Waals surface area contributed by atoms with Crippen LogP contribution in [0.15, 0.2) is 40.1 Å². The van der Waals surface area contributed by atoms with E-state index in [1.165, 1.54) is 6.07 Å². The summed E-state index contributed by atoms with van der Waals surface area (Å²) in [5.41, 5.74) is 0.101. The van der Waals surface area contributed by atoms with Crippen LogP contribution in [0.5, 0.6) is 0 Å². The molecule has 0 saturated carbocycles. The molecular formula is C17H24BrFIN5O. The zero-order valence-corrected chi connectivity index (χ0v) is 18.9. The molecule has 0 aliphatic carbocycles. The van der Waals surface area contributed by atoms with Crippen LogP contribution < -0.4 is 10.6 Å². The van der Waals surface area contributed by atoms with Crippen molar-refractivity contribution < 1.29 is 9.50 Å². The first-order valence-electron chi connectivity index (χ1n) is 7.99. The van der Waals surface area contributed by atoms with Gasteiger partial charge in [0.1, 0.15) is 11.4 Å². The molecule has 6 nitrogen and oxygen atoms in total. The number of guanidine groups is 1. The number of nitrogens with one attached hydrogen (secondary N) is 2. The average molecular weight is 540 g/mol. The van der Waals surface area contributed by atoms with Crippen LogP contribution in [0.3, 0.4) is 0 Å². The number of aryl methyl sites for hydroxylation is 1. The summed E-state index contributed by atoms with van der Waals surface area (Å²) in [5.74, 6) is 0.199. The Bertz CT molecular complexity index is 751. The van der Waals surface area contributed by atoms with Gasteiger partial charge >= 0.3 is 0 Å². The fourth-order valence-corrected chi connectivity index (χ4v) is 2.55. The number of aromatic nitrogens is 2. The van der Waals surface area contributed by atoms with E-state index in [-0.39, 0.29) is 42.9 Å². The number of nitrogens with zero attached hydrogens (tertiary/aromatic N) is 3. The molecule has 1 unspecified atom stereocenters. The number of rotatable bonds is 6. The van der Waals surface area contributed by atoms with Crippen molar-refractivity contribution in [2.24, 2.45) is 12.0 Å². The molecule has 0 bridgehead atoms. The van der Waals surface area contributed by atoms with E-state index in [9.17, 15) is 9.50 Å². The Hall–Kier alpha value is -1.20. The Balaban J connectivity index is 0.00000338. The quantitative estimate of drug-likeness (QED) is 0.300. The number of aliphatic hydroxyl groups is 1. The summed E-state index contributed by atoms with van der Waals surface area (Å²) < 4.78 is 16.2. The predicted molar refractivity (Wildman–Crippen MR) is 115 cm³/mol. The van der Waals surface area contributed by atoms with Gasteiger partial charge in [0.15, 0.2) is 5.96 Å². The second-order valence-electron chi connectivity index (χ2n) is 5.96. The highest BCUT2D eigenvalue weighted by Crippen LogP contribution is 2.18. The number of hydrogen-bond acceptors (Lipinski definition) is 3. The van der Waals surface area contributed by atoms with E-state index < -0.39 is 5.60 Å². The molecule has 2 rings (SSSR count). The SMILES string of the molecule is CCNC(=NCc1ccc(Br)cc1F)NCC(C)(O)c1cnn(C)c1.I. The van der Waals surface area contributed by atoms with Crippen LogP contribution in [-0.2, 0) is 19.2 Å². The smallest absolute Gasteiger partial charge is 0.191 e. The van der Waals surface area contributed by atoms with E-state index in [0.717, 1.165) is 0 Å². The second kappa shape index (κ2) is 10.2. The Morgan fingerprint density at radius 3 is 2.73 bits per heavy atom. The lowest BCUT2D eigenvalue weighted by atomic mass is 10.00. The maximum atomic E-state index is 13.9. The predicted octanol–water partition coefficient (Wildman–Crippen LogP) is 2.90. The number of halogens is 3. The molecule has 0 fully saturated rings.